The quantitative estimate of drug-likeness (QED) is 0.490. The van der Waals surface area contributed by atoms with E-state index in [4.69, 9.17) is 5.73 Å². The lowest BCUT2D eigenvalue weighted by molar-refractivity contribution is -0.139. The average Bonchev–Trinajstić information content (AvgIpc) is 1.84. The molecule has 0 saturated heterocycles. The van der Waals surface area contributed by atoms with E-state index < -0.39 is 18.3 Å². The predicted octanol–water partition coefficient (Wildman–Crippen LogP) is 0.588. The Morgan fingerprint density at radius 3 is 2.27 bits per heavy atom. The zero-order valence-electron chi connectivity index (χ0n) is 6.40. The Labute approximate surface area is 63.3 Å². The summed E-state index contributed by atoms with van der Waals surface area (Å²) in [6.45, 7) is 1.35. The summed E-state index contributed by atoms with van der Waals surface area (Å²) in [7, 11) is 0. The Balaban J connectivity index is 4.14. The lowest BCUT2D eigenvalue weighted by atomic mass is 10.2. The van der Waals surface area contributed by atoms with E-state index in [1.54, 1.807) is 0 Å². The highest BCUT2D eigenvalue weighted by atomic mass is 19.3. The number of alkyl halides is 2. The predicted molar refractivity (Wildman–Crippen MR) is 37.8 cm³/mol. The summed E-state index contributed by atoms with van der Waals surface area (Å²) in [5.74, 6) is -4.52. The van der Waals surface area contributed by atoms with E-state index in [2.05, 4.69) is 4.99 Å². The maximum Gasteiger partial charge on any atom is 0.324 e. The van der Waals surface area contributed by atoms with Crippen LogP contribution in [0.2, 0.25) is 0 Å². The monoisotopic (exact) mass is 164 g/mol. The smallest absolute Gasteiger partial charge is 0.324 e. The molecule has 64 valence electrons. The molecular formula is C6H10F2N2O. The first-order valence-corrected chi connectivity index (χ1v) is 3.01. The van der Waals surface area contributed by atoms with Crippen LogP contribution in [0.15, 0.2) is 4.99 Å². The van der Waals surface area contributed by atoms with E-state index in [0.717, 1.165) is 6.92 Å². The van der Waals surface area contributed by atoms with Gasteiger partial charge >= 0.3 is 5.92 Å². The van der Waals surface area contributed by atoms with Crippen LogP contribution in [0, 0.1) is 0 Å². The van der Waals surface area contributed by atoms with Crippen LogP contribution in [0.5, 0.6) is 0 Å². The molecule has 0 radical (unpaired) electrons. The first-order chi connectivity index (χ1) is 4.86. The van der Waals surface area contributed by atoms with Crippen molar-refractivity contribution >= 4 is 11.6 Å². The van der Waals surface area contributed by atoms with E-state index in [1.807, 2.05) is 0 Å². The van der Waals surface area contributed by atoms with E-state index in [0.29, 0.717) is 0 Å². The van der Waals surface area contributed by atoms with Crippen LogP contribution in [0.3, 0.4) is 0 Å². The summed E-state index contributed by atoms with van der Waals surface area (Å²) >= 11 is 0. The molecule has 3 nitrogen and oxygen atoms in total. The van der Waals surface area contributed by atoms with Gasteiger partial charge in [0, 0.05) is 6.92 Å². The van der Waals surface area contributed by atoms with Crippen LogP contribution in [0.1, 0.15) is 13.8 Å². The van der Waals surface area contributed by atoms with Crippen LogP contribution in [-0.4, -0.2) is 24.1 Å². The lowest BCUT2D eigenvalue weighted by Gasteiger charge is -2.08. The molecule has 0 heterocycles. The molecule has 5 heteroatoms. The minimum atomic E-state index is -3.37. The molecule has 0 aliphatic carbocycles. The number of carbonyl (C=O) groups is 1. The third-order valence-electron chi connectivity index (χ3n) is 1.04. The molecule has 2 N–H and O–H groups in total. The Kier molecular flexibility index (Phi) is 3.10. The summed E-state index contributed by atoms with van der Waals surface area (Å²) in [6, 6.07) is 0. The number of hydrogen-bond donors (Lipinski definition) is 1. The summed E-state index contributed by atoms with van der Waals surface area (Å²) in [5, 5.41) is 0. The number of halogens is 2. The van der Waals surface area contributed by atoms with Crippen molar-refractivity contribution in [1.82, 2.24) is 0 Å². The van der Waals surface area contributed by atoms with Crippen molar-refractivity contribution in [3.05, 3.63) is 0 Å². The molecule has 11 heavy (non-hydrogen) atoms. The van der Waals surface area contributed by atoms with Crippen molar-refractivity contribution in [3.63, 3.8) is 0 Å². The number of Topliss-reactive ketones (excluding diaryl/α,β-unsaturated/α-hetero) is 1. The highest BCUT2D eigenvalue weighted by Gasteiger charge is 2.34. The summed E-state index contributed by atoms with van der Waals surface area (Å²) in [4.78, 5) is 13.5. The number of ketones is 1. The Hall–Kier alpha value is -1.00. The summed E-state index contributed by atoms with van der Waals surface area (Å²) in [5.41, 5.74) is 5.01. The van der Waals surface area contributed by atoms with Gasteiger partial charge < -0.3 is 5.73 Å². The first-order valence-electron chi connectivity index (χ1n) is 3.01. The van der Waals surface area contributed by atoms with Crippen LogP contribution < -0.4 is 5.73 Å². The van der Waals surface area contributed by atoms with Crippen molar-refractivity contribution in [1.29, 1.82) is 0 Å². The molecule has 0 aromatic rings. The van der Waals surface area contributed by atoms with Crippen molar-refractivity contribution in [2.45, 2.75) is 19.8 Å². The van der Waals surface area contributed by atoms with Gasteiger partial charge in [-0.2, -0.15) is 8.78 Å². The van der Waals surface area contributed by atoms with Gasteiger partial charge in [-0.15, -0.1) is 0 Å². The van der Waals surface area contributed by atoms with Crippen molar-refractivity contribution in [2.75, 3.05) is 6.54 Å². The molecule has 0 amide bonds. The standard InChI is InChI=1S/C6H10F2N2O/c1-4(11)6(7,8)3-10-5(2)9/h3H2,1-2H3,(H2,9,10). The molecule has 0 spiro atoms. The molecular weight excluding hydrogens is 154 g/mol. The van der Waals surface area contributed by atoms with Crippen LogP contribution in [0.4, 0.5) is 8.78 Å². The molecule has 0 aromatic carbocycles. The topological polar surface area (TPSA) is 55.5 Å². The van der Waals surface area contributed by atoms with E-state index in [-0.39, 0.29) is 5.84 Å². The molecule has 0 aromatic heterocycles. The second kappa shape index (κ2) is 3.41. The first kappa shape index (κ1) is 10.0. The number of rotatable bonds is 3. The Bertz CT molecular complexity index is 185. The van der Waals surface area contributed by atoms with Crippen molar-refractivity contribution in [3.8, 4) is 0 Å². The zero-order valence-corrected chi connectivity index (χ0v) is 6.40. The zero-order chi connectivity index (χ0) is 9.07. The molecule has 0 fully saturated rings. The fraction of sp³-hybridized carbons (Fsp3) is 0.667. The number of hydrogen-bond acceptors (Lipinski definition) is 2. The highest BCUT2D eigenvalue weighted by Crippen LogP contribution is 2.14. The van der Waals surface area contributed by atoms with Crippen molar-refractivity contribution in [2.24, 2.45) is 10.7 Å². The van der Waals surface area contributed by atoms with Crippen LogP contribution in [0.25, 0.3) is 0 Å². The number of amidine groups is 1. The molecule has 0 bridgehead atoms. The van der Waals surface area contributed by atoms with Gasteiger partial charge in [0.2, 0.25) is 5.78 Å². The molecule has 0 rings (SSSR count). The third kappa shape index (κ3) is 3.64. The number of nitrogens with zero attached hydrogens (tertiary/aromatic N) is 1. The van der Waals surface area contributed by atoms with Gasteiger partial charge in [0.1, 0.15) is 6.54 Å². The summed E-state index contributed by atoms with van der Waals surface area (Å²) < 4.78 is 24.8. The van der Waals surface area contributed by atoms with Gasteiger partial charge in [0.15, 0.2) is 0 Å². The molecule has 0 atom stereocenters. The van der Waals surface area contributed by atoms with Gasteiger partial charge in [0.25, 0.3) is 0 Å². The Morgan fingerprint density at radius 1 is 1.55 bits per heavy atom. The van der Waals surface area contributed by atoms with E-state index in [1.165, 1.54) is 6.92 Å². The third-order valence-corrected chi connectivity index (χ3v) is 1.04. The normalized spacial score (nSPS) is 13.3. The van der Waals surface area contributed by atoms with Crippen molar-refractivity contribution < 1.29 is 13.6 Å². The fourth-order valence-electron chi connectivity index (χ4n) is 0.335. The Morgan fingerprint density at radius 2 is 2.00 bits per heavy atom. The minimum absolute atomic E-state index is 0.0472. The van der Waals surface area contributed by atoms with E-state index >= 15 is 0 Å². The van der Waals surface area contributed by atoms with Crippen LogP contribution in [-0.2, 0) is 4.79 Å². The lowest BCUT2D eigenvalue weighted by Crippen LogP contribution is -2.30. The van der Waals surface area contributed by atoms with Crippen LogP contribution >= 0.6 is 0 Å². The van der Waals surface area contributed by atoms with E-state index in [9.17, 15) is 13.6 Å². The minimum Gasteiger partial charge on any atom is -0.388 e. The van der Waals surface area contributed by atoms with Gasteiger partial charge in [-0.25, -0.2) is 0 Å². The van der Waals surface area contributed by atoms with Gasteiger partial charge in [-0.05, 0) is 6.92 Å². The highest BCUT2D eigenvalue weighted by molar-refractivity contribution is 5.84. The molecule has 0 aliphatic rings. The van der Waals surface area contributed by atoms with Gasteiger partial charge in [-0.3, -0.25) is 9.79 Å². The maximum atomic E-state index is 12.4. The molecule has 0 aliphatic heterocycles. The fourth-order valence-corrected chi connectivity index (χ4v) is 0.335. The average molecular weight is 164 g/mol. The second-order valence-electron chi connectivity index (χ2n) is 2.22. The number of aliphatic imine (C=N–C) groups is 1. The largest absolute Gasteiger partial charge is 0.388 e. The molecule has 0 saturated carbocycles. The number of nitrogens with two attached hydrogens (primary N) is 1. The summed E-state index contributed by atoms with van der Waals surface area (Å²) in [6.07, 6.45) is 0. The maximum absolute atomic E-state index is 12.4. The SMILES string of the molecule is CC(=O)C(F)(F)CN=C(C)N. The van der Waals surface area contributed by atoms with Gasteiger partial charge in [-0.1, -0.05) is 0 Å². The second-order valence-corrected chi connectivity index (χ2v) is 2.22. The molecule has 0 unspecified atom stereocenters. The van der Waals surface area contributed by atoms with Gasteiger partial charge in [0.05, 0.1) is 5.84 Å². The number of carbonyl (C=O) groups excluding carboxylic acids is 1.